The smallest absolute Gasteiger partial charge is 0.341 e. The van der Waals surface area contributed by atoms with Crippen molar-refractivity contribution in [1.29, 1.82) is 0 Å². The molecule has 2 aliphatic rings. The molecule has 0 aliphatic heterocycles. The standard InChI is InChI=1S/C19H18F5NO3S/c20-12-5-6-13(11-4-2-1-3-10(11)12)25-9-15(29(27,28)18(21)22)16-14(25)7-8-19(23,24)17(16)26/h1-4,9,12-13,17-18,26H,5-8H2/t12-,13-,17-/m0/s1. The maximum absolute atomic E-state index is 14.3. The van der Waals surface area contributed by atoms with Gasteiger partial charge in [-0.1, -0.05) is 24.3 Å². The van der Waals surface area contributed by atoms with Crippen molar-refractivity contribution in [3.8, 4) is 0 Å². The summed E-state index contributed by atoms with van der Waals surface area (Å²) in [4.78, 5) is -0.991. The molecule has 0 radical (unpaired) electrons. The van der Waals surface area contributed by atoms with Crippen LogP contribution in [0.3, 0.4) is 0 Å². The van der Waals surface area contributed by atoms with Gasteiger partial charge < -0.3 is 9.67 Å². The summed E-state index contributed by atoms with van der Waals surface area (Å²) < 4.78 is 94.7. The first kappa shape index (κ1) is 20.3. The second-order valence-corrected chi connectivity index (χ2v) is 9.31. The molecule has 158 valence electrons. The Balaban J connectivity index is 1.95. The van der Waals surface area contributed by atoms with Gasteiger partial charge in [-0.15, -0.1) is 0 Å². The number of benzene rings is 1. The third-order valence-corrected chi connectivity index (χ3v) is 7.18. The van der Waals surface area contributed by atoms with Gasteiger partial charge >= 0.3 is 5.76 Å². The minimum absolute atomic E-state index is 0.0692. The summed E-state index contributed by atoms with van der Waals surface area (Å²) in [7, 11) is -5.23. The van der Waals surface area contributed by atoms with E-state index < -0.39 is 56.7 Å². The third kappa shape index (κ3) is 3.07. The van der Waals surface area contributed by atoms with E-state index in [1.165, 1.54) is 4.57 Å². The molecule has 0 unspecified atom stereocenters. The SMILES string of the molecule is O=S(=O)(c1cn([C@H]2CC[C@H](F)c3ccccc32)c2c1[C@H](O)C(F)(F)CC2)C(F)F. The number of aliphatic hydroxyl groups excluding tert-OH is 1. The average molecular weight is 435 g/mol. The predicted octanol–water partition coefficient (Wildman–Crippen LogP) is 4.49. The van der Waals surface area contributed by atoms with E-state index in [1.54, 1.807) is 24.3 Å². The number of fused-ring (bicyclic) bond motifs is 2. The van der Waals surface area contributed by atoms with Crippen molar-refractivity contribution < 1.29 is 35.5 Å². The summed E-state index contributed by atoms with van der Waals surface area (Å²) in [6.07, 6.45) is -3.53. The lowest BCUT2D eigenvalue weighted by atomic mass is 9.85. The molecule has 2 aliphatic carbocycles. The monoisotopic (exact) mass is 435 g/mol. The number of sulfone groups is 1. The Bertz CT molecular complexity index is 1050. The van der Waals surface area contributed by atoms with Crippen LogP contribution in [0.1, 0.15) is 60.0 Å². The van der Waals surface area contributed by atoms with Crippen LogP contribution in [0.5, 0.6) is 0 Å². The van der Waals surface area contributed by atoms with Crippen molar-refractivity contribution in [3.05, 3.63) is 52.8 Å². The van der Waals surface area contributed by atoms with Gasteiger partial charge in [-0.2, -0.15) is 8.78 Å². The predicted molar refractivity (Wildman–Crippen MR) is 93.5 cm³/mol. The van der Waals surface area contributed by atoms with E-state index in [4.69, 9.17) is 0 Å². The number of nitrogens with zero attached hydrogens (tertiary/aromatic N) is 1. The van der Waals surface area contributed by atoms with E-state index >= 15 is 0 Å². The highest BCUT2D eigenvalue weighted by Crippen LogP contribution is 2.48. The third-order valence-electron chi connectivity index (χ3n) is 5.78. The van der Waals surface area contributed by atoms with Gasteiger partial charge in [0.1, 0.15) is 12.3 Å². The van der Waals surface area contributed by atoms with Crippen LogP contribution in [0, 0.1) is 0 Å². The summed E-state index contributed by atoms with van der Waals surface area (Å²) in [5.41, 5.74) is 0.323. The van der Waals surface area contributed by atoms with Gasteiger partial charge in [0, 0.05) is 23.9 Å². The number of hydrogen-bond acceptors (Lipinski definition) is 3. The molecule has 0 saturated carbocycles. The fourth-order valence-electron chi connectivity index (χ4n) is 4.35. The van der Waals surface area contributed by atoms with E-state index in [0.29, 0.717) is 11.1 Å². The number of hydrogen-bond donors (Lipinski definition) is 1. The summed E-state index contributed by atoms with van der Waals surface area (Å²) in [6, 6.07) is 5.94. The molecule has 0 bridgehead atoms. The first-order valence-corrected chi connectivity index (χ1v) is 10.6. The normalized spacial score (nSPS) is 26.2. The zero-order valence-electron chi connectivity index (χ0n) is 15.0. The zero-order valence-corrected chi connectivity index (χ0v) is 15.9. The highest BCUT2D eigenvalue weighted by atomic mass is 32.2. The number of alkyl halides is 5. The molecular formula is C19H18F5NO3S. The van der Waals surface area contributed by atoms with Crippen molar-refractivity contribution in [3.63, 3.8) is 0 Å². The quantitative estimate of drug-likeness (QED) is 0.723. The van der Waals surface area contributed by atoms with Crippen molar-refractivity contribution >= 4 is 9.84 Å². The van der Waals surface area contributed by atoms with Crippen LogP contribution in [0.15, 0.2) is 35.4 Å². The van der Waals surface area contributed by atoms with Crippen molar-refractivity contribution in [2.45, 2.75) is 60.6 Å². The van der Waals surface area contributed by atoms with Crippen molar-refractivity contribution in [2.24, 2.45) is 0 Å². The maximum atomic E-state index is 14.3. The van der Waals surface area contributed by atoms with E-state index in [9.17, 15) is 35.5 Å². The molecule has 0 spiro atoms. The number of halogens is 5. The summed E-state index contributed by atoms with van der Waals surface area (Å²) >= 11 is 0. The number of rotatable bonds is 3. The van der Waals surface area contributed by atoms with Gasteiger partial charge in [0.05, 0.1) is 10.9 Å². The lowest BCUT2D eigenvalue weighted by Gasteiger charge is -2.33. The summed E-state index contributed by atoms with van der Waals surface area (Å²) in [5, 5.41) is 10.1. The molecule has 3 atom stereocenters. The van der Waals surface area contributed by atoms with Crippen LogP contribution in [0.25, 0.3) is 0 Å². The lowest BCUT2D eigenvalue weighted by molar-refractivity contribution is -0.123. The number of aliphatic hydroxyl groups is 1. The molecule has 1 aromatic heterocycles. The van der Waals surface area contributed by atoms with Gasteiger partial charge in [-0.05, 0) is 30.4 Å². The van der Waals surface area contributed by atoms with Crippen molar-refractivity contribution in [1.82, 2.24) is 4.57 Å². The Labute approximate surface area is 163 Å². The van der Waals surface area contributed by atoms with Gasteiger partial charge in [0.15, 0.2) is 0 Å². The van der Waals surface area contributed by atoms with E-state index in [0.717, 1.165) is 6.20 Å². The molecule has 29 heavy (non-hydrogen) atoms. The molecule has 1 heterocycles. The van der Waals surface area contributed by atoms with Gasteiger partial charge in [0.2, 0.25) is 9.84 Å². The molecule has 10 heteroatoms. The summed E-state index contributed by atoms with van der Waals surface area (Å²) in [5.74, 6) is -7.46. The van der Waals surface area contributed by atoms with Crippen LogP contribution in [0.2, 0.25) is 0 Å². The van der Waals surface area contributed by atoms with Crippen LogP contribution < -0.4 is 0 Å². The second-order valence-electron chi connectivity index (χ2n) is 7.42. The molecule has 0 amide bonds. The Hall–Kier alpha value is -1.94. The molecule has 1 aromatic carbocycles. The average Bonchev–Trinajstić information content (AvgIpc) is 3.06. The van der Waals surface area contributed by atoms with Crippen LogP contribution >= 0.6 is 0 Å². The molecule has 0 fully saturated rings. The van der Waals surface area contributed by atoms with E-state index in [-0.39, 0.29) is 25.0 Å². The van der Waals surface area contributed by atoms with Gasteiger partial charge in [0.25, 0.3) is 5.92 Å². The van der Waals surface area contributed by atoms with E-state index in [1.807, 2.05) is 0 Å². The molecular weight excluding hydrogens is 417 g/mol. The Morgan fingerprint density at radius 3 is 2.45 bits per heavy atom. The molecule has 2 aromatic rings. The van der Waals surface area contributed by atoms with Gasteiger partial charge in [-0.25, -0.2) is 21.6 Å². The lowest BCUT2D eigenvalue weighted by Crippen LogP contribution is -2.33. The van der Waals surface area contributed by atoms with Crippen LogP contribution in [-0.2, 0) is 16.3 Å². The highest BCUT2D eigenvalue weighted by Gasteiger charge is 2.49. The van der Waals surface area contributed by atoms with Crippen LogP contribution in [-0.4, -0.2) is 29.8 Å². The van der Waals surface area contributed by atoms with Crippen molar-refractivity contribution in [2.75, 3.05) is 0 Å². The highest BCUT2D eigenvalue weighted by molar-refractivity contribution is 7.91. The summed E-state index contributed by atoms with van der Waals surface area (Å²) in [6.45, 7) is 0. The minimum atomic E-state index is -5.23. The Morgan fingerprint density at radius 2 is 1.79 bits per heavy atom. The van der Waals surface area contributed by atoms with Crippen LogP contribution in [0.4, 0.5) is 22.0 Å². The first-order chi connectivity index (χ1) is 13.6. The first-order valence-electron chi connectivity index (χ1n) is 9.10. The maximum Gasteiger partial charge on any atom is 0.341 e. The Kier molecular flexibility index (Phi) is 4.77. The molecule has 4 rings (SSSR count). The molecule has 1 N–H and O–H groups in total. The molecule has 0 saturated heterocycles. The Morgan fingerprint density at radius 1 is 1.14 bits per heavy atom. The fourth-order valence-corrected chi connectivity index (χ4v) is 5.34. The minimum Gasteiger partial charge on any atom is -0.382 e. The largest absolute Gasteiger partial charge is 0.382 e. The topological polar surface area (TPSA) is 59.3 Å². The molecule has 4 nitrogen and oxygen atoms in total. The number of aromatic nitrogens is 1. The van der Waals surface area contributed by atoms with E-state index in [2.05, 4.69) is 0 Å². The van der Waals surface area contributed by atoms with Gasteiger partial charge in [-0.3, -0.25) is 0 Å². The zero-order chi connectivity index (χ0) is 21.1. The fraction of sp³-hybridized carbons (Fsp3) is 0.474. The second kappa shape index (κ2) is 6.80.